The van der Waals surface area contributed by atoms with Crippen molar-refractivity contribution in [2.24, 2.45) is 23.7 Å². The molecule has 2 N–H and O–H groups in total. The zero-order valence-electron chi connectivity index (χ0n) is 10.6. The number of likely N-dealkylation sites (tertiary alicyclic amines) is 1. The average Bonchev–Trinajstić information content (AvgIpc) is 3.03. The molecule has 3 fully saturated rings. The lowest BCUT2D eigenvalue weighted by Gasteiger charge is -2.26. The maximum Gasteiger partial charge on any atom is 0.0462 e. The Hall–Kier alpha value is -0.120. The van der Waals surface area contributed by atoms with Crippen molar-refractivity contribution in [1.29, 1.82) is 0 Å². The highest BCUT2D eigenvalue weighted by molar-refractivity contribution is 4.99. The smallest absolute Gasteiger partial charge is 0.0462 e. The van der Waals surface area contributed by atoms with E-state index in [2.05, 4.69) is 4.90 Å². The predicted octanol–water partition coefficient (Wildman–Crippen LogP) is 1.10. The van der Waals surface area contributed by atoms with Crippen LogP contribution in [0.25, 0.3) is 0 Å². The van der Waals surface area contributed by atoms with Gasteiger partial charge in [-0.05, 0) is 42.9 Å². The van der Waals surface area contributed by atoms with E-state index in [0.29, 0.717) is 36.9 Å². The quantitative estimate of drug-likeness (QED) is 0.775. The summed E-state index contributed by atoms with van der Waals surface area (Å²) < 4.78 is 0. The molecule has 3 heteroatoms. The highest BCUT2D eigenvalue weighted by atomic mass is 16.3. The average molecular weight is 239 g/mol. The number of fused-ring (bicyclic) bond motifs is 1. The lowest BCUT2D eigenvalue weighted by molar-refractivity contribution is 0.154. The Kier molecular flexibility index (Phi) is 3.42. The number of hydrogen-bond acceptors (Lipinski definition) is 3. The molecule has 0 aromatic heterocycles. The van der Waals surface area contributed by atoms with E-state index in [1.807, 2.05) is 0 Å². The van der Waals surface area contributed by atoms with E-state index in [1.54, 1.807) is 0 Å². The minimum Gasteiger partial charge on any atom is -0.396 e. The van der Waals surface area contributed by atoms with Gasteiger partial charge in [0.05, 0.1) is 0 Å². The molecule has 0 spiro atoms. The van der Waals surface area contributed by atoms with Crippen LogP contribution in [0.3, 0.4) is 0 Å². The lowest BCUT2D eigenvalue weighted by atomic mass is 9.91. The molecular formula is C14H25NO2. The molecule has 0 radical (unpaired) electrons. The van der Waals surface area contributed by atoms with Gasteiger partial charge in [-0.1, -0.05) is 12.8 Å². The zero-order valence-corrected chi connectivity index (χ0v) is 10.6. The molecule has 0 aromatic rings. The van der Waals surface area contributed by atoms with Gasteiger partial charge in [0, 0.05) is 32.3 Å². The highest BCUT2D eigenvalue weighted by Crippen LogP contribution is 2.47. The van der Waals surface area contributed by atoms with Crippen molar-refractivity contribution in [2.75, 3.05) is 26.3 Å². The molecule has 3 aliphatic rings. The van der Waals surface area contributed by atoms with E-state index >= 15 is 0 Å². The summed E-state index contributed by atoms with van der Waals surface area (Å²) in [5, 5.41) is 19.0. The van der Waals surface area contributed by atoms with Crippen LogP contribution in [0, 0.1) is 23.7 Å². The molecule has 1 aliphatic heterocycles. The highest BCUT2D eigenvalue weighted by Gasteiger charge is 2.48. The Morgan fingerprint density at radius 1 is 0.882 bits per heavy atom. The summed E-state index contributed by atoms with van der Waals surface area (Å²) in [4.78, 5) is 2.66. The number of hydrogen-bond donors (Lipinski definition) is 2. The summed E-state index contributed by atoms with van der Waals surface area (Å²) in [5.74, 6) is 2.20. The first-order valence-corrected chi connectivity index (χ1v) is 7.29. The minimum absolute atomic E-state index is 0.316. The van der Waals surface area contributed by atoms with Crippen molar-refractivity contribution >= 4 is 0 Å². The van der Waals surface area contributed by atoms with E-state index in [-0.39, 0.29) is 0 Å². The van der Waals surface area contributed by atoms with Gasteiger partial charge in [0.2, 0.25) is 0 Å². The molecule has 0 amide bonds. The second-order valence-electron chi connectivity index (χ2n) is 6.34. The standard InChI is InChI=1S/C14H25NO2/c16-8-10-5-11(9-17)14-7-15(6-13(10)14)12-3-1-2-4-12/h10-14,16-17H,1-9H2/t10-,11+,13+,14-. The van der Waals surface area contributed by atoms with Crippen LogP contribution in [-0.4, -0.2) is 47.5 Å². The fourth-order valence-electron chi connectivity index (χ4n) is 4.61. The molecule has 17 heavy (non-hydrogen) atoms. The second-order valence-corrected chi connectivity index (χ2v) is 6.34. The van der Waals surface area contributed by atoms with Crippen LogP contribution in [0.2, 0.25) is 0 Å². The van der Waals surface area contributed by atoms with Gasteiger partial charge in [-0.2, -0.15) is 0 Å². The number of aliphatic hydroxyl groups excluding tert-OH is 2. The maximum absolute atomic E-state index is 9.48. The van der Waals surface area contributed by atoms with Crippen LogP contribution in [0.15, 0.2) is 0 Å². The van der Waals surface area contributed by atoms with E-state index in [1.165, 1.54) is 38.8 Å². The van der Waals surface area contributed by atoms with Crippen LogP contribution >= 0.6 is 0 Å². The minimum atomic E-state index is 0.316. The monoisotopic (exact) mass is 239 g/mol. The van der Waals surface area contributed by atoms with Gasteiger partial charge in [0.15, 0.2) is 0 Å². The van der Waals surface area contributed by atoms with E-state index in [4.69, 9.17) is 0 Å². The summed E-state index contributed by atoms with van der Waals surface area (Å²) in [6.45, 7) is 2.99. The lowest BCUT2D eigenvalue weighted by Crippen LogP contribution is -2.33. The van der Waals surface area contributed by atoms with Crippen LogP contribution < -0.4 is 0 Å². The van der Waals surface area contributed by atoms with Gasteiger partial charge in [-0.3, -0.25) is 4.90 Å². The van der Waals surface area contributed by atoms with Crippen molar-refractivity contribution in [2.45, 2.75) is 38.1 Å². The molecule has 3 nitrogen and oxygen atoms in total. The van der Waals surface area contributed by atoms with E-state index < -0.39 is 0 Å². The largest absolute Gasteiger partial charge is 0.396 e. The molecule has 0 bridgehead atoms. The predicted molar refractivity (Wildman–Crippen MR) is 66.6 cm³/mol. The van der Waals surface area contributed by atoms with Gasteiger partial charge >= 0.3 is 0 Å². The topological polar surface area (TPSA) is 43.7 Å². The first-order valence-electron chi connectivity index (χ1n) is 7.29. The third kappa shape index (κ3) is 2.02. The van der Waals surface area contributed by atoms with Crippen molar-refractivity contribution in [3.63, 3.8) is 0 Å². The molecule has 3 rings (SSSR count). The van der Waals surface area contributed by atoms with Gasteiger partial charge in [0.25, 0.3) is 0 Å². The van der Waals surface area contributed by atoms with E-state index in [9.17, 15) is 10.2 Å². The normalized spacial score (nSPS) is 43.4. The molecule has 1 saturated heterocycles. The fraction of sp³-hybridized carbons (Fsp3) is 1.00. The summed E-state index contributed by atoms with van der Waals surface area (Å²) in [6.07, 6.45) is 6.56. The Bertz CT molecular complexity index is 247. The number of aliphatic hydroxyl groups is 2. The summed E-state index contributed by atoms with van der Waals surface area (Å²) in [5.41, 5.74) is 0. The Morgan fingerprint density at radius 2 is 1.41 bits per heavy atom. The SMILES string of the molecule is OC[C@@H]1C[C@H](CO)[C@@H]2CN(C3CCCC3)C[C@H]12. The molecule has 0 unspecified atom stereocenters. The summed E-state index contributed by atoms with van der Waals surface area (Å²) >= 11 is 0. The third-order valence-electron chi connectivity index (χ3n) is 5.57. The molecule has 2 saturated carbocycles. The number of rotatable bonds is 3. The first kappa shape index (κ1) is 11.9. The summed E-state index contributed by atoms with van der Waals surface area (Å²) in [7, 11) is 0. The van der Waals surface area contributed by atoms with Crippen LogP contribution in [0.1, 0.15) is 32.1 Å². The van der Waals surface area contributed by atoms with Gasteiger partial charge < -0.3 is 10.2 Å². The Balaban J connectivity index is 1.67. The molecule has 98 valence electrons. The Morgan fingerprint density at radius 3 is 1.88 bits per heavy atom. The van der Waals surface area contributed by atoms with Crippen molar-refractivity contribution < 1.29 is 10.2 Å². The zero-order chi connectivity index (χ0) is 11.8. The Labute approximate surface area is 104 Å². The molecule has 1 heterocycles. The van der Waals surface area contributed by atoms with Crippen LogP contribution in [0.4, 0.5) is 0 Å². The molecular weight excluding hydrogens is 214 g/mol. The summed E-state index contributed by atoms with van der Waals surface area (Å²) in [6, 6.07) is 0.805. The van der Waals surface area contributed by atoms with Crippen LogP contribution in [0.5, 0.6) is 0 Å². The molecule has 2 aliphatic carbocycles. The maximum atomic E-state index is 9.48. The van der Waals surface area contributed by atoms with Crippen molar-refractivity contribution in [3.05, 3.63) is 0 Å². The van der Waals surface area contributed by atoms with Gasteiger partial charge in [-0.15, -0.1) is 0 Å². The van der Waals surface area contributed by atoms with Crippen molar-refractivity contribution in [3.8, 4) is 0 Å². The van der Waals surface area contributed by atoms with Crippen molar-refractivity contribution in [1.82, 2.24) is 4.90 Å². The van der Waals surface area contributed by atoms with E-state index in [0.717, 1.165) is 12.5 Å². The number of nitrogens with zero attached hydrogens (tertiary/aromatic N) is 1. The third-order valence-corrected chi connectivity index (χ3v) is 5.57. The second kappa shape index (κ2) is 4.87. The molecule has 4 atom stereocenters. The van der Waals surface area contributed by atoms with Crippen LogP contribution in [-0.2, 0) is 0 Å². The first-order chi connectivity index (χ1) is 8.33. The molecule has 0 aromatic carbocycles. The fourth-order valence-corrected chi connectivity index (χ4v) is 4.61. The van der Waals surface area contributed by atoms with Gasteiger partial charge in [-0.25, -0.2) is 0 Å². The van der Waals surface area contributed by atoms with Gasteiger partial charge in [0.1, 0.15) is 0 Å².